The highest BCUT2D eigenvalue weighted by atomic mass is 32.2. The van der Waals surface area contributed by atoms with Crippen molar-refractivity contribution in [1.29, 1.82) is 0 Å². The predicted molar refractivity (Wildman–Crippen MR) is 105 cm³/mol. The van der Waals surface area contributed by atoms with Crippen molar-refractivity contribution in [2.75, 3.05) is 19.8 Å². The number of sulfonamides is 1. The molecule has 1 aromatic rings. The predicted octanol–water partition coefficient (Wildman–Crippen LogP) is 2.53. The van der Waals surface area contributed by atoms with Gasteiger partial charge in [0.25, 0.3) is 5.91 Å². The first kappa shape index (κ1) is 22.3. The molecule has 0 radical (unpaired) electrons. The molecule has 2 atom stereocenters. The zero-order chi connectivity index (χ0) is 22.2. The minimum atomic E-state index is -5.53. The fraction of sp³-hybridized carbons (Fsp3) is 0.650. The Kier molecular flexibility index (Phi) is 6.19. The largest absolute Gasteiger partial charge is 0.511 e. The molecule has 2 bridgehead atoms. The molecular weight excluding hydrogens is 437 g/mol. The van der Waals surface area contributed by atoms with Crippen molar-refractivity contribution < 1.29 is 35.9 Å². The van der Waals surface area contributed by atoms with Gasteiger partial charge in [-0.15, -0.1) is 0 Å². The second kappa shape index (κ2) is 8.59. The first-order valence-electron chi connectivity index (χ1n) is 10.4. The van der Waals surface area contributed by atoms with E-state index >= 15 is 0 Å². The van der Waals surface area contributed by atoms with E-state index in [9.17, 15) is 26.4 Å². The van der Waals surface area contributed by atoms with E-state index in [2.05, 4.69) is 0 Å². The molecule has 3 heterocycles. The van der Waals surface area contributed by atoms with Crippen LogP contribution in [0.25, 0.3) is 0 Å². The number of nitrogens with zero attached hydrogens (tertiary/aromatic N) is 1. The molecular formula is C20H25F3N2O5S. The third kappa shape index (κ3) is 4.68. The van der Waals surface area contributed by atoms with Gasteiger partial charge in [-0.2, -0.15) is 13.2 Å². The molecule has 2 fully saturated rings. The normalized spacial score (nSPS) is 29.9. The molecule has 1 N–H and O–H groups in total. The Labute approximate surface area is 178 Å². The number of alkyl halides is 3. The first-order chi connectivity index (χ1) is 14.7. The second-order valence-corrected chi connectivity index (χ2v) is 9.96. The Hall–Kier alpha value is -1.85. The van der Waals surface area contributed by atoms with E-state index in [4.69, 9.17) is 9.47 Å². The lowest BCUT2D eigenvalue weighted by Crippen LogP contribution is -2.52. The van der Waals surface area contributed by atoms with Gasteiger partial charge in [0.1, 0.15) is 5.75 Å². The quantitative estimate of drug-likeness (QED) is 0.730. The number of amides is 1. The number of para-hydroxylation sites is 1. The molecule has 4 aliphatic rings. The van der Waals surface area contributed by atoms with Crippen LogP contribution < -0.4 is 9.46 Å². The van der Waals surface area contributed by atoms with E-state index in [1.165, 1.54) is 4.90 Å². The maximum atomic E-state index is 12.9. The number of rotatable bonds is 2. The zero-order valence-electron chi connectivity index (χ0n) is 16.8. The lowest BCUT2D eigenvalue weighted by Gasteiger charge is -2.32. The standard InChI is InChI=1S/C20H25F3N2O5S/c21-20(22,23)31(27,28)24-16-9-10-25-17(16)11-29-14-7-5-13(6-8-14)15-3-1-2-4-18(15)30-12-19(25)26/h1-4,13-14,16-17,24H,5-12H2/t13?,14?,16-,17?/m0/s1. The molecule has 11 heteroatoms. The molecule has 7 nitrogen and oxygen atoms in total. The van der Waals surface area contributed by atoms with Crippen LogP contribution in [0.5, 0.6) is 5.75 Å². The number of carbonyl (C=O) groups excluding carboxylic acids is 1. The Morgan fingerprint density at radius 2 is 1.77 bits per heavy atom. The van der Waals surface area contributed by atoms with E-state index in [0.29, 0.717) is 5.75 Å². The lowest BCUT2D eigenvalue weighted by molar-refractivity contribution is -0.136. The number of halogens is 3. The SMILES string of the molecule is O=C1COc2ccccc2C2CCC(CC2)OCC2[C@@H](NS(=O)(=O)C(F)(F)F)CCN12. The Morgan fingerprint density at radius 3 is 2.48 bits per heavy atom. The maximum Gasteiger partial charge on any atom is 0.511 e. The molecule has 31 heavy (non-hydrogen) atoms. The summed E-state index contributed by atoms with van der Waals surface area (Å²) >= 11 is 0. The summed E-state index contributed by atoms with van der Waals surface area (Å²) in [5.74, 6) is 0.506. The molecule has 1 amide bonds. The number of nitrogens with one attached hydrogen (secondary N) is 1. The van der Waals surface area contributed by atoms with E-state index in [1.807, 2.05) is 24.3 Å². The van der Waals surface area contributed by atoms with Gasteiger partial charge >= 0.3 is 15.5 Å². The molecule has 1 aliphatic carbocycles. The van der Waals surface area contributed by atoms with E-state index < -0.39 is 33.5 Å². The van der Waals surface area contributed by atoms with Crippen molar-refractivity contribution in [2.24, 2.45) is 0 Å². The number of hydrogen-bond acceptors (Lipinski definition) is 5. The van der Waals surface area contributed by atoms with Crippen LogP contribution in [0.2, 0.25) is 0 Å². The van der Waals surface area contributed by atoms with Crippen molar-refractivity contribution in [2.45, 2.75) is 61.7 Å². The van der Waals surface area contributed by atoms with E-state index in [1.54, 1.807) is 4.72 Å². The van der Waals surface area contributed by atoms with Gasteiger partial charge in [0.2, 0.25) is 0 Å². The van der Waals surface area contributed by atoms with Crippen LogP contribution in [-0.4, -0.2) is 62.7 Å². The van der Waals surface area contributed by atoms with Crippen LogP contribution in [0.3, 0.4) is 0 Å². The molecule has 1 aromatic carbocycles. The Bertz CT molecular complexity index is 916. The highest BCUT2D eigenvalue weighted by Gasteiger charge is 2.50. The number of fused-ring (bicyclic) bond motifs is 5. The van der Waals surface area contributed by atoms with Crippen molar-refractivity contribution >= 4 is 15.9 Å². The lowest BCUT2D eigenvalue weighted by atomic mass is 9.82. The highest BCUT2D eigenvalue weighted by Crippen LogP contribution is 2.39. The minimum Gasteiger partial charge on any atom is -0.483 e. The van der Waals surface area contributed by atoms with Gasteiger partial charge in [0.15, 0.2) is 6.61 Å². The monoisotopic (exact) mass is 462 g/mol. The second-order valence-electron chi connectivity index (χ2n) is 8.25. The Morgan fingerprint density at radius 1 is 1.06 bits per heavy atom. The van der Waals surface area contributed by atoms with Crippen molar-refractivity contribution in [3.05, 3.63) is 29.8 Å². The molecule has 1 saturated heterocycles. The average molecular weight is 462 g/mol. The third-order valence-corrected chi connectivity index (χ3v) is 7.59. The first-order valence-corrected chi connectivity index (χ1v) is 11.9. The zero-order valence-corrected chi connectivity index (χ0v) is 17.6. The van der Waals surface area contributed by atoms with Crippen molar-refractivity contribution in [3.8, 4) is 5.75 Å². The molecule has 1 saturated carbocycles. The topological polar surface area (TPSA) is 84.9 Å². The summed E-state index contributed by atoms with van der Waals surface area (Å²) in [4.78, 5) is 14.2. The summed E-state index contributed by atoms with van der Waals surface area (Å²) in [6, 6.07) is 5.65. The summed E-state index contributed by atoms with van der Waals surface area (Å²) in [5, 5.41) is 0. The van der Waals surface area contributed by atoms with Gasteiger partial charge in [0, 0.05) is 12.6 Å². The average Bonchev–Trinajstić information content (AvgIpc) is 3.12. The molecule has 0 aromatic heterocycles. The van der Waals surface area contributed by atoms with Gasteiger partial charge in [0.05, 0.1) is 18.8 Å². The number of benzene rings is 1. The van der Waals surface area contributed by atoms with Crippen LogP contribution in [0.4, 0.5) is 13.2 Å². The summed E-state index contributed by atoms with van der Waals surface area (Å²) < 4.78 is 75.4. The number of hydrogen-bond donors (Lipinski definition) is 1. The summed E-state index contributed by atoms with van der Waals surface area (Å²) in [6.07, 6.45) is 3.28. The van der Waals surface area contributed by atoms with E-state index in [-0.39, 0.29) is 38.2 Å². The van der Waals surface area contributed by atoms with Gasteiger partial charge in [-0.1, -0.05) is 18.2 Å². The molecule has 0 spiro atoms. The fourth-order valence-corrected chi connectivity index (χ4v) is 5.53. The van der Waals surface area contributed by atoms with Crippen LogP contribution in [0, 0.1) is 0 Å². The number of ether oxygens (including phenoxy) is 2. The van der Waals surface area contributed by atoms with Crippen LogP contribution >= 0.6 is 0 Å². The maximum absolute atomic E-state index is 12.9. The van der Waals surface area contributed by atoms with Crippen LogP contribution in [0.15, 0.2) is 24.3 Å². The molecule has 5 rings (SSSR count). The third-order valence-electron chi connectivity index (χ3n) is 6.36. The summed E-state index contributed by atoms with van der Waals surface area (Å²) in [7, 11) is -5.53. The van der Waals surface area contributed by atoms with Crippen LogP contribution in [-0.2, 0) is 19.6 Å². The van der Waals surface area contributed by atoms with Crippen molar-refractivity contribution in [3.63, 3.8) is 0 Å². The van der Waals surface area contributed by atoms with Crippen molar-refractivity contribution in [1.82, 2.24) is 9.62 Å². The molecule has 3 aliphatic heterocycles. The summed E-state index contributed by atoms with van der Waals surface area (Å²) in [5.41, 5.74) is -4.37. The summed E-state index contributed by atoms with van der Waals surface area (Å²) in [6.45, 7) is -0.183. The number of carbonyl (C=O) groups is 1. The fourth-order valence-electron chi connectivity index (χ4n) is 4.72. The van der Waals surface area contributed by atoms with E-state index in [0.717, 1.165) is 31.2 Å². The molecule has 1 unspecified atom stereocenters. The Balaban J connectivity index is 1.58. The van der Waals surface area contributed by atoms with Crippen LogP contribution in [0.1, 0.15) is 43.6 Å². The van der Waals surface area contributed by atoms with Gasteiger partial charge in [-0.25, -0.2) is 13.1 Å². The minimum absolute atomic E-state index is 0.0287. The van der Waals surface area contributed by atoms with Gasteiger partial charge in [-0.3, -0.25) is 4.79 Å². The molecule has 172 valence electrons. The van der Waals surface area contributed by atoms with Gasteiger partial charge < -0.3 is 14.4 Å². The highest BCUT2D eigenvalue weighted by molar-refractivity contribution is 7.90. The smallest absolute Gasteiger partial charge is 0.483 e. The van der Waals surface area contributed by atoms with Gasteiger partial charge in [-0.05, 0) is 49.7 Å².